The molecule has 0 spiro atoms. The number of oxazole rings is 1. The predicted octanol–water partition coefficient (Wildman–Crippen LogP) is 6.82. The maximum absolute atomic E-state index is 12.8. The molecule has 0 unspecified atom stereocenters. The van der Waals surface area contributed by atoms with Crippen LogP contribution >= 0.6 is 12.2 Å². The molecule has 6 heteroatoms. The number of nitrogens with one attached hydrogen (secondary N) is 2. The smallest absolute Gasteiger partial charge is 0.258 e. The molecule has 0 atom stereocenters. The number of amides is 1. The number of anilines is 1. The Bertz CT molecular complexity index is 1530. The highest BCUT2D eigenvalue weighted by Crippen LogP contribution is 2.23. The summed E-state index contributed by atoms with van der Waals surface area (Å²) in [5, 5.41) is 8.00. The summed E-state index contributed by atoms with van der Waals surface area (Å²) in [4.78, 5) is 17.4. The minimum Gasteiger partial charge on any atom is -0.440 e. The van der Waals surface area contributed by atoms with Crippen LogP contribution in [0.15, 0.2) is 89.3 Å². The molecule has 0 saturated carbocycles. The number of thiocarbonyl (C=S) groups is 1. The topological polar surface area (TPSA) is 67.2 Å². The molecule has 0 radical (unpaired) electrons. The number of benzene rings is 4. The molecule has 0 bridgehead atoms. The molecular formula is C29H25N3O2S. The first-order chi connectivity index (χ1) is 17.0. The molecule has 1 heterocycles. The fourth-order valence-electron chi connectivity index (χ4n) is 4.06. The van der Waals surface area contributed by atoms with E-state index >= 15 is 0 Å². The van der Waals surface area contributed by atoms with Gasteiger partial charge in [-0.3, -0.25) is 10.1 Å². The second-order valence-corrected chi connectivity index (χ2v) is 9.21. The molecule has 0 fully saturated rings. The maximum atomic E-state index is 12.8. The lowest BCUT2D eigenvalue weighted by atomic mass is 10.0. The monoisotopic (exact) mass is 479 g/mol. The van der Waals surface area contributed by atoms with Gasteiger partial charge < -0.3 is 9.73 Å². The van der Waals surface area contributed by atoms with Crippen LogP contribution in [0.4, 0.5) is 5.69 Å². The van der Waals surface area contributed by atoms with Gasteiger partial charge in [-0.2, -0.15) is 0 Å². The highest BCUT2D eigenvalue weighted by Gasteiger charge is 2.12. The number of fused-ring (bicyclic) bond motifs is 2. The van der Waals surface area contributed by atoms with E-state index in [1.54, 1.807) is 6.07 Å². The molecule has 0 saturated heterocycles. The van der Waals surface area contributed by atoms with Gasteiger partial charge in [0.15, 0.2) is 16.6 Å². The molecule has 4 aromatic carbocycles. The van der Waals surface area contributed by atoms with Crippen molar-refractivity contribution in [2.45, 2.75) is 26.2 Å². The molecule has 0 aliphatic carbocycles. The molecule has 0 aliphatic rings. The van der Waals surface area contributed by atoms with Crippen molar-refractivity contribution in [2.24, 2.45) is 0 Å². The van der Waals surface area contributed by atoms with Crippen LogP contribution in [0, 0.1) is 0 Å². The van der Waals surface area contributed by atoms with Crippen molar-refractivity contribution < 1.29 is 9.21 Å². The summed E-state index contributed by atoms with van der Waals surface area (Å²) in [6, 6.07) is 27.4. The Kier molecular flexibility index (Phi) is 6.29. The first kappa shape index (κ1) is 22.7. The van der Waals surface area contributed by atoms with Crippen molar-refractivity contribution >= 4 is 50.8 Å². The third kappa shape index (κ3) is 5.08. The van der Waals surface area contributed by atoms with Crippen LogP contribution in [0.25, 0.3) is 21.9 Å². The molecule has 5 aromatic rings. The average molecular weight is 480 g/mol. The van der Waals surface area contributed by atoms with Gasteiger partial charge in [-0.25, -0.2) is 4.98 Å². The van der Waals surface area contributed by atoms with Crippen molar-refractivity contribution in [3.05, 3.63) is 108 Å². The van der Waals surface area contributed by atoms with Crippen LogP contribution in [-0.4, -0.2) is 16.0 Å². The zero-order valence-corrected chi connectivity index (χ0v) is 20.4. The SMILES string of the molecule is CC(C)c1ccc2oc(Cc3ccc(NC(=S)NC(=O)c4cccc5ccccc45)cc3)nc2c1. The molecule has 35 heavy (non-hydrogen) atoms. The molecule has 0 aliphatic heterocycles. The van der Waals surface area contributed by atoms with E-state index in [0.717, 1.165) is 33.1 Å². The maximum Gasteiger partial charge on any atom is 0.258 e. The number of aromatic nitrogens is 1. The lowest BCUT2D eigenvalue weighted by Gasteiger charge is -2.11. The van der Waals surface area contributed by atoms with E-state index in [1.165, 1.54) is 5.56 Å². The van der Waals surface area contributed by atoms with Gasteiger partial charge in [0.1, 0.15) is 5.52 Å². The predicted molar refractivity (Wildman–Crippen MR) is 145 cm³/mol. The molecule has 2 N–H and O–H groups in total. The van der Waals surface area contributed by atoms with Gasteiger partial charge in [0, 0.05) is 17.7 Å². The Balaban J connectivity index is 1.22. The van der Waals surface area contributed by atoms with Crippen LogP contribution in [-0.2, 0) is 6.42 Å². The summed E-state index contributed by atoms with van der Waals surface area (Å²) in [6.07, 6.45) is 0.592. The van der Waals surface area contributed by atoms with Gasteiger partial charge in [0.25, 0.3) is 5.91 Å². The second kappa shape index (κ2) is 9.68. The zero-order chi connectivity index (χ0) is 24.4. The summed E-state index contributed by atoms with van der Waals surface area (Å²) in [6.45, 7) is 4.33. The Morgan fingerprint density at radius 3 is 2.54 bits per heavy atom. The first-order valence-electron chi connectivity index (χ1n) is 11.5. The van der Waals surface area contributed by atoms with Crippen molar-refractivity contribution in [1.82, 2.24) is 10.3 Å². The van der Waals surface area contributed by atoms with E-state index < -0.39 is 0 Å². The Labute approximate surface area is 209 Å². The molecule has 174 valence electrons. The van der Waals surface area contributed by atoms with Crippen molar-refractivity contribution in [3.63, 3.8) is 0 Å². The van der Waals surface area contributed by atoms with Gasteiger partial charge in [0.05, 0.1) is 0 Å². The number of hydrogen-bond donors (Lipinski definition) is 2. The van der Waals surface area contributed by atoms with Crippen LogP contribution in [0.2, 0.25) is 0 Å². The number of carbonyl (C=O) groups excluding carboxylic acids is 1. The summed E-state index contributed by atoms with van der Waals surface area (Å²) >= 11 is 5.37. The summed E-state index contributed by atoms with van der Waals surface area (Å²) in [5.41, 5.74) is 5.37. The summed E-state index contributed by atoms with van der Waals surface area (Å²) < 4.78 is 5.92. The summed E-state index contributed by atoms with van der Waals surface area (Å²) in [7, 11) is 0. The van der Waals surface area contributed by atoms with Crippen molar-refractivity contribution in [3.8, 4) is 0 Å². The fourth-order valence-corrected chi connectivity index (χ4v) is 4.27. The number of rotatable bonds is 5. The highest BCUT2D eigenvalue weighted by molar-refractivity contribution is 7.80. The van der Waals surface area contributed by atoms with E-state index in [9.17, 15) is 4.79 Å². The van der Waals surface area contributed by atoms with E-state index in [1.807, 2.05) is 66.7 Å². The van der Waals surface area contributed by atoms with Crippen LogP contribution in [0.5, 0.6) is 0 Å². The third-order valence-electron chi connectivity index (χ3n) is 5.95. The minimum absolute atomic E-state index is 0.243. The van der Waals surface area contributed by atoms with Crippen molar-refractivity contribution in [1.29, 1.82) is 0 Å². The van der Waals surface area contributed by atoms with Gasteiger partial charge in [-0.05, 0) is 70.4 Å². The molecule has 5 rings (SSSR count). The second-order valence-electron chi connectivity index (χ2n) is 8.80. The largest absolute Gasteiger partial charge is 0.440 e. The number of hydrogen-bond acceptors (Lipinski definition) is 4. The third-order valence-corrected chi connectivity index (χ3v) is 6.16. The lowest BCUT2D eigenvalue weighted by Crippen LogP contribution is -2.34. The number of nitrogens with zero attached hydrogens (tertiary/aromatic N) is 1. The lowest BCUT2D eigenvalue weighted by molar-refractivity contribution is 0.0979. The average Bonchev–Trinajstić information content (AvgIpc) is 3.26. The molecular weight excluding hydrogens is 454 g/mol. The van der Waals surface area contributed by atoms with E-state index in [-0.39, 0.29) is 11.0 Å². The minimum atomic E-state index is -0.243. The Morgan fingerprint density at radius 1 is 0.971 bits per heavy atom. The number of carbonyl (C=O) groups is 1. The van der Waals surface area contributed by atoms with Crippen molar-refractivity contribution in [2.75, 3.05) is 5.32 Å². The first-order valence-corrected chi connectivity index (χ1v) is 12.0. The van der Waals surface area contributed by atoms with Crippen LogP contribution in [0.3, 0.4) is 0 Å². The Morgan fingerprint density at radius 2 is 1.74 bits per heavy atom. The summed E-state index contributed by atoms with van der Waals surface area (Å²) in [5.74, 6) is 0.884. The highest BCUT2D eigenvalue weighted by atomic mass is 32.1. The van der Waals surface area contributed by atoms with Gasteiger partial charge in [-0.15, -0.1) is 0 Å². The van der Waals surface area contributed by atoms with E-state index in [2.05, 4.69) is 41.6 Å². The quantitative estimate of drug-likeness (QED) is 0.271. The van der Waals surface area contributed by atoms with Crippen LogP contribution in [0.1, 0.15) is 47.1 Å². The normalized spacial score (nSPS) is 11.2. The molecule has 5 nitrogen and oxygen atoms in total. The van der Waals surface area contributed by atoms with E-state index in [0.29, 0.717) is 23.8 Å². The fraction of sp³-hybridized carbons (Fsp3) is 0.138. The molecule has 1 aromatic heterocycles. The zero-order valence-electron chi connectivity index (χ0n) is 19.5. The molecule has 1 amide bonds. The van der Waals surface area contributed by atoms with Gasteiger partial charge >= 0.3 is 0 Å². The Hall–Kier alpha value is -4.03. The van der Waals surface area contributed by atoms with Crippen LogP contribution < -0.4 is 10.6 Å². The van der Waals surface area contributed by atoms with Gasteiger partial charge in [0.2, 0.25) is 0 Å². The van der Waals surface area contributed by atoms with Gasteiger partial charge in [-0.1, -0.05) is 68.4 Å². The van der Waals surface area contributed by atoms with E-state index in [4.69, 9.17) is 16.6 Å². The standard InChI is InChI=1S/C29H25N3O2S/c1-18(2)21-12-15-26-25(17-21)31-27(34-26)16-19-10-13-22(14-11-19)30-29(35)32-28(33)24-9-5-7-20-6-3-4-8-23(20)24/h3-15,17-18H,16H2,1-2H3,(H2,30,32,33,35).